The standard InChI is InChI=1S/C19H24N6O2.C2H6/c26-18(23-7-1-2-8-23)17-13-21-25(15-17)19(27)24-11-9-22(10-12-24)14-16-3-5-20-6-4-16;1-2/h3-6,13,15H,1-2,7-12,14H2;1-2H3. The lowest BCUT2D eigenvalue weighted by Crippen LogP contribution is -2.49. The fraction of sp³-hybridized carbons (Fsp3) is 0.524. The van der Waals surface area contributed by atoms with Gasteiger partial charge in [0.2, 0.25) is 0 Å². The summed E-state index contributed by atoms with van der Waals surface area (Å²) in [4.78, 5) is 35.1. The van der Waals surface area contributed by atoms with Gasteiger partial charge in [-0.3, -0.25) is 14.7 Å². The minimum Gasteiger partial charge on any atom is -0.339 e. The molecule has 2 aliphatic rings. The molecular formula is C21H30N6O2. The number of rotatable bonds is 3. The third-order valence-electron chi connectivity index (χ3n) is 5.22. The van der Waals surface area contributed by atoms with E-state index in [1.165, 1.54) is 16.4 Å². The van der Waals surface area contributed by atoms with E-state index in [9.17, 15) is 9.59 Å². The molecule has 0 N–H and O–H groups in total. The summed E-state index contributed by atoms with van der Waals surface area (Å²) >= 11 is 0. The zero-order valence-electron chi connectivity index (χ0n) is 17.3. The maximum absolute atomic E-state index is 12.7. The van der Waals surface area contributed by atoms with Crippen molar-refractivity contribution in [3.8, 4) is 0 Å². The molecule has 8 heteroatoms. The van der Waals surface area contributed by atoms with Crippen molar-refractivity contribution in [2.24, 2.45) is 0 Å². The molecule has 0 aliphatic carbocycles. The van der Waals surface area contributed by atoms with Crippen molar-refractivity contribution in [2.45, 2.75) is 33.2 Å². The van der Waals surface area contributed by atoms with E-state index in [1.807, 2.05) is 30.9 Å². The number of aromatic nitrogens is 3. The summed E-state index contributed by atoms with van der Waals surface area (Å²) in [5.41, 5.74) is 1.71. The number of likely N-dealkylation sites (tertiary alicyclic amines) is 1. The molecule has 0 bridgehead atoms. The fourth-order valence-electron chi connectivity index (χ4n) is 3.63. The molecule has 2 aliphatic heterocycles. The van der Waals surface area contributed by atoms with Gasteiger partial charge in [-0.1, -0.05) is 13.8 Å². The van der Waals surface area contributed by atoms with Gasteiger partial charge < -0.3 is 9.80 Å². The summed E-state index contributed by atoms with van der Waals surface area (Å²) < 4.78 is 1.29. The van der Waals surface area contributed by atoms with Crippen molar-refractivity contribution in [3.63, 3.8) is 0 Å². The molecule has 2 saturated heterocycles. The van der Waals surface area contributed by atoms with Crippen molar-refractivity contribution < 1.29 is 9.59 Å². The van der Waals surface area contributed by atoms with Gasteiger partial charge in [0.15, 0.2) is 0 Å². The molecular weight excluding hydrogens is 368 g/mol. The minimum absolute atomic E-state index is 0.0336. The zero-order valence-corrected chi connectivity index (χ0v) is 17.3. The molecule has 0 spiro atoms. The van der Waals surface area contributed by atoms with Crippen LogP contribution < -0.4 is 0 Å². The molecule has 4 rings (SSSR count). The van der Waals surface area contributed by atoms with Gasteiger partial charge in [-0.25, -0.2) is 4.79 Å². The van der Waals surface area contributed by atoms with Crippen molar-refractivity contribution in [1.29, 1.82) is 0 Å². The topological polar surface area (TPSA) is 74.6 Å². The van der Waals surface area contributed by atoms with E-state index in [1.54, 1.807) is 23.5 Å². The summed E-state index contributed by atoms with van der Waals surface area (Å²) in [6.07, 6.45) is 8.75. The van der Waals surface area contributed by atoms with Crippen LogP contribution in [0.15, 0.2) is 36.9 Å². The van der Waals surface area contributed by atoms with Crippen molar-refractivity contribution in [2.75, 3.05) is 39.3 Å². The Labute approximate surface area is 172 Å². The third-order valence-corrected chi connectivity index (χ3v) is 5.22. The van der Waals surface area contributed by atoms with Crippen LogP contribution in [0.1, 0.15) is 42.6 Å². The molecule has 0 radical (unpaired) electrons. The maximum Gasteiger partial charge on any atom is 0.344 e. The Morgan fingerprint density at radius 1 is 0.931 bits per heavy atom. The molecule has 29 heavy (non-hydrogen) atoms. The number of pyridine rings is 1. The van der Waals surface area contributed by atoms with E-state index in [4.69, 9.17) is 0 Å². The highest BCUT2D eigenvalue weighted by atomic mass is 16.2. The second-order valence-corrected chi connectivity index (χ2v) is 7.07. The van der Waals surface area contributed by atoms with Gasteiger partial charge in [0, 0.05) is 64.4 Å². The second-order valence-electron chi connectivity index (χ2n) is 7.07. The number of piperazine rings is 1. The van der Waals surface area contributed by atoms with Gasteiger partial charge in [0.05, 0.1) is 11.8 Å². The SMILES string of the molecule is CC.O=C(c1cnn(C(=O)N2CCN(Cc3ccncc3)CC2)c1)N1CCCC1. The molecule has 8 nitrogen and oxygen atoms in total. The number of hydrogen-bond donors (Lipinski definition) is 0. The molecule has 4 heterocycles. The Morgan fingerprint density at radius 2 is 1.59 bits per heavy atom. The van der Waals surface area contributed by atoms with E-state index in [-0.39, 0.29) is 11.9 Å². The summed E-state index contributed by atoms with van der Waals surface area (Å²) in [5, 5.41) is 4.13. The smallest absolute Gasteiger partial charge is 0.339 e. The van der Waals surface area contributed by atoms with Gasteiger partial charge >= 0.3 is 6.03 Å². The van der Waals surface area contributed by atoms with Crippen LogP contribution in [0.5, 0.6) is 0 Å². The van der Waals surface area contributed by atoms with Gasteiger partial charge in [-0.2, -0.15) is 9.78 Å². The zero-order chi connectivity index (χ0) is 20.6. The van der Waals surface area contributed by atoms with Crippen molar-refractivity contribution >= 4 is 11.9 Å². The van der Waals surface area contributed by atoms with E-state index < -0.39 is 0 Å². The predicted molar refractivity (Wildman–Crippen MR) is 111 cm³/mol. The van der Waals surface area contributed by atoms with E-state index >= 15 is 0 Å². The molecule has 0 saturated carbocycles. The first-order chi connectivity index (χ1) is 14.2. The summed E-state index contributed by atoms with van der Waals surface area (Å²) in [7, 11) is 0. The Morgan fingerprint density at radius 3 is 2.24 bits per heavy atom. The number of amides is 2. The molecule has 0 atom stereocenters. The highest BCUT2D eigenvalue weighted by molar-refractivity contribution is 5.94. The molecule has 0 aromatic carbocycles. The van der Waals surface area contributed by atoms with Gasteiger partial charge in [0.1, 0.15) is 0 Å². The number of hydrogen-bond acceptors (Lipinski definition) is 5. The number of carbonyl (C=O) groups excluding carboxylic acids is 2. The Balaban J connectivity index is 0.00000117. The first kappa shape index (κ1) is 21.0. The Kier molecular flexibility index (Phi) is 7.35. The van der Waals surface area contributed by atoms with Crippen molar-refractivity contribution in [1.82, 2.24) is 29.5 Å². The van der Waals surface area contributed by atoms with Crippen LogP contribution in [0.2, 0.25) is 0 Å². The van der Waals surface area contributed by atoms with Crippen LogP contribution in [0, 0.1) is 0 Å². The number of nitrogens with zero attached hydrogens (tertiary/aromatic N) is 6. The van der Waals surface area contributed by atoms with E-state index in [0.717, 1.165) is 45.6 Å². The summed E-state index contributed by atoms with van der Waals surface area (Å²) in [6, 6.07) is 3.86. The molecule has 2 fully saturated rings. The lowest BCUT2D eigenvalue weighted by molar-refractivity contribution is 0.0793. The number of carbonyl (C=O) groups is 2. The normalized spacial score (nSPS) is 17.0. The predicted octanol–water partition coefficient (Wildman–Crippen LogP) is 2.33. The first-order valence-electron chi connectivity index (χ1n) is 10.5. The fourth-order valence-corrected chi connectivity index (χ4v) is 3.63. The van der Waals surface area contributed by atoms with Crippen LogP contribution in [-0.2, 0) is 6.54 Å². The lowest BCUT2D eigenvalue weighted by atomic mass is 10.2. The Bertz CT molecular complexity index is 793. The molecule has 2 amide bonds. The Hall–Kier alpha value is -2.74. The molecule has 156 valence electrons. The minimum atomic E-state index is -0.168. The average molecular weight is 399 g/mol. The van der Waals surface area contributed by atoms with Gasteiger partial charge in [0.25, 0.3) is 5.91 Å². The van der Waals surface area contributed by atoms with Gasteiger partial charge in [-0.15, -0.1) is 0 Å². The third kappa shape index (κ3) is 5.20. The maximum atomic E-state index is 12.7. The van der Waals surface area contributed by atoms with E-state index in [0.29, 0.717) is 18.7 Å². The van der Waals surface area contributed by atoms with Gasteiger partial charge in [-0.05, 0) is 30.5 Å². The summed E-state index contributed by atoms with van der Waals surface area (Å²) in [6.45, 7) is 9.37. The van der Waals surface area contributed by atoms with Crippen LogP contribution in [0.25, 0.3) is 0 Å². The molecule has 2 aromatic heterocycles. The lowest BCUT2D eigenvalue weighted by Gasteiger charge is -2.34. The highest BCUT2D eigenvalue weighted by Gasteiger charge is 2.25. The van der Waals surface area contributed by atoms with Crippen LogP contribution >= 0.6 is 0 Å². The van der Waals surface area contributed by atoms with Crippen LogP contribution in [-0.4, -0.2) is 80.7 Å². The van der Waals surface area contributed by atoms with Crippen LogP contribution in [0.4, 0.5) is 4.79 Å². The quantitative estimate of drug-likeness (QED) is 0.793. The monoisotopic (exact) mass is 398 g/mol. The van der Waals surface area contributed by atoms with E-state index in [2.05, 4.69) is 15.0 Å². The molecule has 0 unspecified atom stereocenters. The highest BCUT2D eigenvalue weighted by Crippen LogP contribution is 2.13. The molecule has 2 aromatic rings. The summed E-state index contributed by atoms with van der Waals surface area (Å²) in [5.74, 6) is -0.0336. The van der Waals surface area contributed by atoms with Crippen molar-refractivity contribution in [3.05, 3.63) is 48.0 Å². The average Bonchev–Trinajstić information content (AvgIpc) is 3.48. The first-order valence-corrected chi connectivity index (χ1v) is 10.5. The van der Waals surface area contributed by atoms with Crippen LogP contribution in [0.3, 0.4) is 0 Å². The largest absolute Gasteiger partial charge is 0.344 e. The second kappa shape index (κ2) is 10.2.